The van der Waals surface area contributed by atoms with Crippen LogP contribution in [0, 0.1) is 23.2 Å². The molecular weight excluding hydrogens is 408 g/mol. The topological polar surface area (TPSA) is 69.6 Å². The summed E-state index contributed by atoms with van der Waals surface area (Å²) in [5, 5.41) is 13.1. The first-order valence-corrected chi connectivity index (χ1v) is 10.7. The maximum absolute atomic E-state index is 13.0. The van der Waals surface area contributed by atoms with Gasteiger partial charge in [0.1, 0.15) is 0 Å². The first kappa shape index (κ1) is 17.5. The number of hydrogen-bond donors (Lipinski definition) is 2. The molecule has 4 aliphatic carbocycles. The summed E-state index contributed by atoms with van der Waals surface area (Å²) < 4.78 is 1.01. The van der Waals surface area contributed by atoms with Gasteiger partial charge in [-0.05, 0) is 74.5 Å². The fourth-order valence-electron chi connectivity index (χ4n) is 6.76. The highest BCUT2D eigenvalue weighted by molar-refractivity contribution is 9.10. The second-order valence-electron chi connectivity index (χ2n) is 9.45. The maximum Gasteiger partial charge on any atom is 0.318 e. The average molecular weight is 433 g/mol. The summed E-state index contributed by atoms with van der Waals surface area (Å²) >= 11 is 3.53. The molecule has 3 atom stereocenters. The van der Waals surface area contributed by atoms with Crippen molar-refractivity contribution in [1.82, 2.24) is 10.2 Å². The maximum atomic E-state index is 13.0. The van der Waals surface area contributed by atoms with E-state index in [1.54, 1.807) is 0 Å². The highest BCUT2D eigenvalue weighted by atomic mass is 79.9. The van der Waals surface area contributed by atoms with Crippen LogP contribution >= 0.6 is 15.9 Å². The molecule has 6 heteroatoms. The van der Waals surface area contributed by atoms with E-state index in [4.69, 9.17) is 0 Å². The van der Waals surface area contributed by atoms with Crippen LogP contribution in [-0.2, 0) is 10.3 Å². The Bertz CT molecular complexity index is 811. The van der Waals surface area contributed by atoms with Gasteiger partial charge in [-0.15, -0.1) is 0 Å². The quantitative estimate of drug-likeness (QED) is 0.758. The van der Waals surface area contributed by atoms with Crippen LogP contribution in [-0.4, -0.2) is 34.6 Å². The molecule has 27 heavy (non-hydrogen) atoms. The van der Waals surface area contributed by atoms with Gasteiger partial charge in [0.2, 0.25) is 0 Å². The number of halogens is 1. The zero-order valence-corrected chi connectivity index (χ0v) is 17.0. The Hall–Kier alpha value is -1.56. The standard InChI is InChI=1S/C21H25BrN2O3/c1-20(15-3-2-4-16(22)7-15)11-24(19(27)23-20)17-13-5-12-6-14(17)10-21(8-12,9-13)18(25)26/h2-4,7,12-14,17H,5-6,8-11H2,1H3,(H,23,27)(H,25,26). The lowest BCUT2D eigenvalue weighted by atomic mass is 9.47. The fraction of sp³-hybridized carbons (Fsp3) is 0.619. The van der Waals surface area contributed by atoms with Crippen LogP contribution in [0.3, 0.4) is 0 Å². The van der Waals surface area contributed by atoms with Crippen LogP contribution in [0.15, 0.2) is 28.7 Å². The molecule has 4 bridgehead atoms. The number of carboxylic acid groups (broad SMARTS) is 1. The van der Waals surface area contributed by atoms with Gasteiger partial charge in [0.25, 0.3) is 0 Å². The minimum absolute atomic E-state index is 0.000626. The number of benzene rings is 1. The summed E-state index contributed by atoms with van der Waals surface area (Å²) in [6.45, 7) is 2.73. The van der Waals surface area contributed by atoms with Crippen molar-refractivity contribution in [1.29, 1.82) is 0 Å². The van der Waals surface area contributed by atoms with E-state index < -0.39 is 16.9 Å². The lowest BCUT2D eigenvalue weighted by molar-refractivity contribution is -0.170. The molecule has 0 aromatic heterocycles. The Kier molecular flexibility index (Phi) is 3.72. The van der Waals surface area contributed by atoms with E-state index in [-0.39, 0.29) is 12.1 Å². The number of hydrogen-bond acceptors (Lipinski definition) is 2. The molecule has 1 aromatic rings. The third-order valence-corrected chi connectivity index (χ3v) is 8.12. The minimum atomic E-state index is -0.620. The van der Waals surface area contributed by atoms with Gasteiger partial charge in [-0.1, -0.05) is 28.1 Å². The predicted molar refractivity (Wildman–Crippen MR) is 104 cm³/mol. The molecule has 5 fully saturated rings. The number of amides is 2. The molecule has 1 aliphatic heterocycles. The normalized spacial score (nSPS) is 42.4. The molecule has 4 saturated carbocycles. The number of urea groups is 1. The number of carbonyl (C=O) groups excluding carboxylic acids is 1. The summed E-state index contributed by atoms with van der Waals surface area (Å²) in [4.78, 5) is 27.0. The summed E-state index contributed by atoms with van der Waals surface area (Å²) in [6, 6.07) is 8.30. The van der Waals surface area contributed by atoms with Crippen molar-refractivity contribution < 1.29 is 14.7 Å². The van der Waals surface area contributed by atoms with E-state index >= 15 is 0 Å². The van der Waals surface area contributed by atoms with Crippen molar-refractivity contribution in [2.45, 2.75) is 50.6 Å². The molecule has 0 spiro atoms. The molecule has 1 heterocycles. The molecule has 1 saturated heterocycles. The molecule has 6 rings (SSSR count). The second-order valence-corrected chi connectivity index (χ2v) is 10.4. The van der Waals surface area contributed by atoms with Gasteiger partial charge in [0, 0.05) is 17.1 Å². The molecule has 144 valence electrons. The van der Waals surface area contributed by atoms with E-state index in [0.717, 1.165) is 42.1 Å². The van der Waals surface area contributed by atoms with E-state index in [1.807, 2.05) is 17.0 Å². The smallest absolute Gasteiger partial charge is 0.318 e. The average Bonchev–Trinajstić information content (AvgIpc) is 2.90. The van der Waals surface area contributed by atoms with Gasteiger partial charge in [-0.2, -0.15) is 0 Å². The van der Waals surface area contributed by atoms with Crippen molar-refractivity contribution in [3.63, 3.8) is 0 Å². The monoisotopic (exact) mass is 432 g/mol. The van der Waals surface area contributed by atoms with Gasteiger partial charge in [0.05, 0.1) is 11.0 Å². The van der Waals surface area contributed by atoms with E-state index in [1.165, 1.54) is 0 Å². The number of aliphatic carboxylic acids is 1. The summed E-state index contributed by atoms with van der Waals surface area (Å²) in [5.41, 5.74) is 0.148. The molecule has 1 aromatic carbocycles. The van der Waals surface area contributed by atoms with Crippen LogP contribution in [0.5, 0.6) is 0 Å². The van der Waals surface area contributed by atoms with Crippen LogP contribution in [0.4, 0.5) is 4.79 Å². The van der Waals surface area contributed by atoms with Crippen LogP contribution in [0.1, 0.15) is 44.6 Å². The van der Waals surface area contributed by atoms with E-state index in [0.29, 0.717) is 24.3 Å². The Morgan fingerprint density at radius 3 is 2.59 bits per heavy atom. The van der Waals surface area contributed by atoms with Crippen LogP contribution in [0.2, 0.25) is 0 Å². The molecule has 2 N–H and O–H groups in total. The highest BCUT2D eigenvalue weighted by Crippen LogP contribution is 2.61. The SMILES string of the molecule is CC1(c2cccc(Br)c2)CN(C2C3CC4CC2CC(C(=O)O)(C4)C3)C(=O)N1. The first-order chi connectivity index (χ1) is 12.8. The highest BCUT2D eigenvalue weighted by Gasteiger charge is 2.61. The van der Waals surface area contributed by atoms with Gasteiger partial charge in [-0.3, -0.25) is 4.79 Å². The summed E-state index contributed by atoms with van der Waals surface area (Å²) in [6.07, 6.45) is 4.46. The first-order valence-electron chi connectivity index (χ1n) is 9.88. The lowest BCUT2D eigenvalue weighted by Crippen LogP contribution is -2.61. The molecular formula is C21H25BrN2O3. The lowest BCUT2D eigenvalue weighted by Gasteiger charge is -2.59. The molecule has 5 nitrogen and oxygen atoms in total. The molecule has 0 radical (unpaired) electrons. The molecule has 5 aliphatic rings. The third-order valence-electron chi connectivity index (χ3n) is 7.63. The van der Waals surface area contributed by atoms with Crippen molar-refractivity contribution in [3.8, 4) is 0 Å². The van der Waals surface area contributed by atoms with Gasteiger partial charge in [-0.25, -0.2) is 4.79 Å². The number of nitrogens with zero attached hydrogens (tertiary/aromatic N) is 1. The van der Waals surface area contributed by atoms with E-state index in [2.05, 4.69) is 40.3 Å². The molecule has 2 amide bonds. The zero-order valence-electron chi connectivity index (χ0n) is 15.5. The Balaban J connectivity index is 1.43. The Morgan fingerprint density at radius 2 is 1.96 bits per heavy atom. The van der Waals surface area contributed by atoms with E-state index in [9.17, 15) is 14.7 Å². The second kappa shape index (κ2) is 5.72. The van der Waals surface area contributed by atoms with Crippen LogP contribution < -0.4 is 5.32 Å². The van der Waals surface area contributed by atoms with Crippen molar-refractivity contribution in [2.24, 2.45) is 23.2 Å². The van der Waals surface area contributed by atoms with Gasteiger partial charge >= 0.3 is 12.0 Å². The predicted octanol–water partition coefficient (Wildman–Crippen LogP) is 3.97. The van der Waals surface area contributed by atoms with Crippen molar-refractivity contribution >= 4 is 27.9 Å². The summed E-state index contributed by atoms with van der Waals surface area (Å²) in [7, 11) is 0. The largest absolute Gasteiger partial charge is 0.481 e. The van der Waals surface area contributed by atoms with Crippen molar-refractivity contribution in [2.75, 3.05) is 6.54 Å². The number of rotatable bonds is 3. The minimum Gasteiger partial charge on any atom is -0.481 e. The van der Waals surface area contributed by atoms with Gasteiger partial charge < -0.3 is 15.3 Å². The summed E-state index contributed by atoms with van der Waals surface area (Å²) in [5.74, 6) is 0.549. The Morgan fingerprint density at radius 1 is 1.26 bits per heavy atom. The van der Waals surface area contributed by atoms with Crippen molar-refractivity contribution in [3.05, 3.63) is 34.3 Å². The number of nitrogens with one attached hydrogen (secondary N) is 1. The molecule has 3 unspecified atom stereocenters. The number of carbonyl (C=O) groups is 2. The van der Waals surface area contributed by atoms with Crippen LogP contribution in [0.25, 0.3) is 0 Å². The Labute approximate surface area is 167 Å². The fourth-order valence-corrected chi connectivity index (χ4v) is 7.16. The third kappa shape index (κ3) is 2.55. The van der Waals surface area contributed by atoms with Gasteiger partial charge in [0.15, 0.2) is 0 Å². The zero-order chi connectivity index (χ0) is 19.0. The number of carboxylic acids is 1.